The van der Waals surface area contributed by atoms with Crippen molar-refractivity contribution >= 4 is 22.8 Å². The fraction of sp³-hybridized carbons (Fsp3) is 0.417. The normalized spacial score (nSPS) is 14.3. The van der Waals surface area contributed by atoms with Gasteiger partial charge in [-0.05, 0) is 31.0 Å². The van der Waals surface area contributed by atoms with Gasteiger partial charge >= 0.3 is 0 Å². The molecule has 0 spiro atoms. The van der Waals surface area contributed by atoms with Gasteiger partial charge in [-0.1, -0.05) is 54.8 Å². The minimum atomic E-state index is -0.203. The quantitative estimate of drug-likeness (QED) is 0.588. The lowest BCUT2D eigenvalue weighted by molar-refractivity contribution is -0.137. The van der Waals surface area contributed by atoms with Crippen molar-refractivity contribution in [3.05, 3.63) is 54.1 Å². The van der Waals surface area contributed by atoms with Crippen molar-refractivity contribution in [3.63, 3.8) is 0 Å². The zero-order valence-corrected chi connectivity index (χ0v) is 18.4. The van der Waals surface area contributed by atoms with E-state index in [4.69, 9.17) is 4.74 Å². The summed E-state index contributed by atoms with van der Waals surface area (Å²) in [6, 6.07) is 15.2. The van der Waals surface area contributed by atoms with Crippen molar-refractivity contribution in [2.45, 2.75) is 51.2 Å². The van der Waals surface area contributed by atoms with Crippen LogP contribution >= 0.6 is 0 Å². The fourth-order valence-corrected chi connectivity index (χ4v) is 4.23. The van der Waals surface area contributed by atoms with Crippen LogP contribution in [0.2, 0.25) is 0 Å². The SMILES string of the molecule is COc1ccccc1CN(CC(=O)NC1CCCCC1)C(=O)Cn1nnc2ccccc21. The summed E-state index contributed by atoms with van der Waals surface area (Å²) in [6.07, 6.45) is 5.48. The summed E-state index contributed by atoms with van der Waals surface area (Å²) in [7, 11) is 1.60. The number of methoxy groups -OCH3 is 1. The summed E-state index contributed by atoms with van der Waals surface area (Å²) in [6.45, 7) is 0.264. The van der Waals surface area contributed by atoms with Crippen LogP contribution in [0.1, 0.15) is 37.7 Å². The van der Waals surface area contributed by atoms with Crippen LogP contribution < -0.4 is 10.1 Å². The smallest absolute Gasteiger partial charge is 0.245 e. The summed E-state index contributed by atoms with van der Waals surface area (Å²) in [5, 5.41) is 11.4. The van der Waals surface area contributed by atoms with E-state index in [0.717, 1.165) is 42.3 Å². The van der Waals surface area contributed by atoms with Gasteiger partial charge in [0, 0.05) is 18.2 Å². The first kappa shape index (κ1) is 21.8. The van der Waals surface area contributed by atoms with E-state index in [2.05, 4.69) is 15.6 Å². The van der Waals surface area contributed by atoms with Gasteiger partial charge in [0.1, 0.15) is 17.8 Å². The summed E-state index contributed by atoms with van der Waals surface area (Å²) in [4.78, 5) is 27.7. The van der Waals surface area contributed by atoms with Gasteiger partial charge < -0.3 is 15.0 Å². The molecule has 1 aliphatic rings. The Morgan fingerprint density at radius 2 is 1.84 bits per heavy atom. The fourth-order valence-electron chi connectivity index (χ4n) is 4.23. The van der Waals surface area contributed by atoms with Crippen molar-refractivity contribution in [2.75, 3.05) is 13.7 Å². The molecule has 1 aliphatic carbocycles. The third-order valence-corrected chi connectivity index (χ3v) is 5.92. The molecule has 0 saturated heterocycles. The number of carbonyl (C=O) groups is 2. The molecule has 0 atom stereocenters. The predicted octanol–water partition coefficient (Wildman–Crippen LogP) is 2.92. The van der Waals surface area contributed by atoms with E-state index in [9.17, 15) is 9.59 Å². The Hall–Kier alpha value is -3.42. The van der Waals surface area contributed by atoms with Crippen molar-refractivity contribution in [1.82, 2.24) is 25.2 Å². The molecule has 1 fully saturated rings. The maximum Gasteiger partial charge on any atom is 0.245 e. The molecule has 1 saturated carbocycles. The summed E-state index contributed by atoms with van der Waals surface area (Å²) in [5.74, 6) is 0.346. The highest BCUT2D eigenvalue weighted by Crippen LogP contribution is 2.20. The zero-order valence-electron chi connectivity index (χ0n) is 18.4. The molecule has 1 heterocycles. The predicted molar refractivity (Wildman–Crippen MR) is 121 cm³/mol. The average Bonchev–Trinajstić information content (AvgIpc) is 3.22. The molecule has 32 heavy (non-hydrogen) atoms. The van der Waals surface area contributed by atoms with Crippen molar-refractivity contribution < 1.29 is 14.3 Å². The van der Waals surface area contributed by atoms with Gasteiger partial charge in [0.05, 0.1) is 19.2 Å². The highest BCUT2D eigenvalue weighted by Gasteiger charge is 2.23. The van der Waals surface area contributed by atoms with Gasteiger partial charge in [-0.2, -0.15) is 0 Å². The number of fused-ring (bicyclic) bond motifs is 1. The molecule has 0 unspecified atom stereocenters. The third-order valence-electron chi connectivity index (χ3n) is 5.92. The van der Waals surface area contributed by atoms with E-state index in [1.807, 2.05) is 48.5 Å². The number of rotatable bonds is 8. The Morgan fingerprint density at radius 3 is 2.66 bits per heavy atom. The van der Waals surface area contributed by atoms with Crippen LogP contribution in [0.15, 0.2) is 48.5 Å². The number of nitrogens with one attached hydrogen (secondary N) is 1. The molecule has 3 aromatic rings. The van der Waals surface area contributed by atoms with E-state index in [0.29, 0.717) is 5.75 Å². The monoisotopic (exact) mass is 435 g/mol. The lowest BCUT2D eigenvalue weighted by Gasteiger charge is -2.26. The number of benzene rings is 2. The van der Waals surface area contributed by atoms with Crippen LogP contribution in [-0.4, -0.2) is 51.4 Å². The lowest BCUT2D eigenvalue weighted by Crippen LogP contribution is -2.45. The summed E-state index contributed by atoms with van der Waals surface area (Å²) >= 11 is 0. The maximum atomic E-state index is 13.3. The highest BCUT2D eigenvalue weighted by molar-refractivity contribution is 5.85. The molecule has 168 valence electrons. The van der Waals surface area contributed by atoms with Crippen molar-refractivity contribution in [3.8, 4) is 5.75 Å². The Morgan fingerprint density at radius 1 is 1.09 bits per heavy atom. The van der Waals surface area contributed by atoms with Crippen LogP contribution in [0.25, 0.3) is 11.0 Å². The number of amides is 2. The first-order valence-electron chi connectivity index (χ1n) is 11.1. The maximum absolute atomic E-state index is 13.3. The number of para-hydroxylation sites is 2. The van der Waals surface area contributed by atoms with Gasteiger partial charge in [0.25, 0.3) is 0 Å². The lowest BCUT2D eigenvalue weighted by atomic mass is 9.95. The van der Waals surface area contributed by atoms with Crippen molar-refractivity contribution in [2.24, 2.45) is 0 Å². The molecule has 8 heteroatoms. The summed E-state index contributed by atoms with van der Waals surface area (Å²) < 4.78 is 7.03. The van der Waals surface area contributed by atoms with E-state index >= 15 is 0 Å². The van der Waals surface area contributed by atoms with Crippen LogP contribution in [0, 0.1) is 0 Å². The molecular weight excluding hydrogens is 406 g/mol. The standard InChI is InChI=1S/C24H29N5O3/c1-32-22-14-8-5-9-18(22)15-28(16-23(30)25-19-10-3-2-4-11-19)24(31)17-29-21-13-7-6-12-20(21)26-27-29/h5-9,12-14,19H,2-4,10-11,15-17H2,1H3,(H,25,30). The Balaban J connectivity index is 1.51. The summed E-state index contributed by atoms with van der Waals surface area (Å²) in [5.41, 5.74) is 2.36. The molecule has 1 N–H and O–H groups in total. The van der Waals surface area contributed by atoms with E-state index in [-0.39, 0.29) is 37.5 Å². The minimum absolute atomic E-state index is 0.00632. The van der Waals surface area contributed by atoms with Gasteiger partial charge in [-0.25, -0.2) is 4.68 Å². The number of nitrogens with zero attached hydrogens (tertiary/aromatic N) is 4. The van der Waals surface area contributed by atoms with Crippen molar-refractivity contribution in [1.29, 1.82) is 0 Å². The van der Waals surface area contributed by atoms with Gasteiger partial charge in [-0.15, -0.1) is 5.10 Å². The van der Waals surface area contributed by atoms with Gasteiger partial charge in [-0.3, -0.25) is 9.59 Å². The van der Waals surface area contributed by atoms with E-state index < -0.39 is 0 Å². The highest BCUT2D eigenvalue weighted by atomic mass is 16.5. The Labute approximate surface area is 187 Å². The van der Waals surface area contributed by atoms with E-state index in [1.165, 1.54) is 6.42 Å². The second-order valence-corrected chi connectivity index (χ2v) is 8.20. The molecule has 0 bridgehead atoms. The third kappa shape index (κ3) is 5.25. The molecule has 2 aromatic carbocycles. The number of hydrogen-bond acceptors (Lipinski definition) is 5. The Bertz CT molecular complexity index is 1070. The first-order chi connectivity index (χ1) is 15.6. The average molecular weight is 436 g/mol. The second-order valence-electron chi connectivity index (χ2n) is 8.20. The molecule has 0 aliphatic heterocycles. The molecule has 2 amide bonds. The van der Waals surface area contributed by atoms with Crippen LogP contribution in [0.3, 0.4) is 0 Å². The topological polar surface area (TPSA) is 89.4 Å². The number of hydrogen-bond donors (Lipinski definition) is 1. The van der Waals surface area contributed by atoms with Crippen LogP contribution in [0.5, 0.6) is 5.75 Å². The molecular formula is C24H29N5O3. The van der Waals surface area contributed by atoms with Gasteiger partial charge in [0.2, 0.25) is 11.8 Å². The Kier molecular flexibility index (Phi) is 6.99. The molecule has 8 nitrogen and oxygen atoms in total. The minimum Gasteiger partial charge on any atom is -0.496 e. The number of carbonyl (C=O) groups excluding carboxylic acids is 2. The number of ether oxygens (including phenoxy) is 1. The van der Waals surface area contributed by atoms with Crippen LogP contribution in [0.4, 0.5) is 0 Å². The zero-order chi connectivity index (χ0) is 22.3. The molecule has 1 aromatic heterocycles. The first-order valence-corrected chi connectivity index (χ1v) is 11.1. The second kappa shape index (κ2) is 10.3. The van der Waals surface area contributed by atoms with Crippen LogP contribution in [-0.2, 0) is 22.7 Å². The molecule has 4 rings (SSSR count). The van der Waals surface area contributed by atoms with Gasteiger partial charge in [0.15, 0.2) is 0 Å². The van der Waals surface area contributed by atoms with E-state index in [1.54, 1.807) is 16.7 Å². The molecule has 0 radical (unpaired) electrons. The number of aromatic nitrogens is 3. The largest absolute Gasteiger partial charge is 0.496 e.